The molecule has 1 saturated heterocycles. The predicted molar refractivity (Wildman–Crippen MR) is 179 cm³/mol. The van der Waals surface area contributed by atoms with Gasteiger partial charge in [0.25, 0.3) is 0 Å². The average Bonchev–Trinajstić information content (AvgIpc) is 3.73. The van der Waals surface area contributed by atoms with Crippen LogP contribution in [0, 0.1) is 11.8 Å². The lowest BCUT2D eigenvalue weighted by Gasteiger charge is -2.31. The monoisotopic (exact) mass is 698 g/mol. The molecule has 1 aromatic heterocycles. The molecule has 4 atom stereocenters. The average molecular weight is 699 g/mol. The van der Waals surface area contributed by atoms with Crippen LogP contribution in [0.2, 0.25) is 0 Å². The van der Waals surface area contributed by atoms with E-state index in [2.05, 4.69) is 30.6 Å². The Labute approximate surface area is 288 Å². The van der Waals surface area contributed by atoms with E-state index >= 15 is 0 Å². The fourth-order valence-corrected chi connectivity index (χ4v) is 5.71. The second-order valence-corrected chi connectivity index (χ2v) is 13.1. The molecule has 4 rings (SSSR count). The molecule has 4 amide bonds. The minimum atomic E-state index is -2.90. The molecular formula is C35H44F2N6O7. The van der Waals surface area contributed by atoms with Crippen LogP contribution in [0.4, 0.5) is 13.6 Å². The van der Waals surface area contributed by atoms with Gasteiger partial charge in [0.05, 0.1) is 6.61 Å². The third-order valence-electron chi connectivity index (χ3n) is 8.34. The third-order valence-corrected chi connectivity index (χ3v) is 8.34. The normalized spacial score (nSPS) is 17.1. The van der Waals surface area contributed by atoms with Crippen molar-refractivity contribution in [2.75, 3.05) is 19.7 Å². The number of nitrogens with one attached hydrogen (secondary N) is 4. The summed E-state index contributed by atoms with van der Waals surface area (Å²) in [5, 5.41) is 11.4. The van der Waals surface area contributed by atoms with Crippen molar-refractivity contribution in [3.63, 3.8) is 0 Å². The number of H-pyrrole nitrogens is 1. The Morgan fingerprint density at radius 1 is 1.02 bits per heavy atom. The van der Waals surface area contributed by atoms with E-state index in [1.165, 1.54) is 4.90 Å². The standard InChI is InChI=1S/C35H44F2N6O7/c1-20(2)19-49-34(47)40-29(21(3)4)33(46)43-18-25(23-8-6-5-7-9-23)16-27(43)32(45)39-26(17-28(36)37)31(44)38-15-14-22-10-12-24(13-11-22)30-41-35(48)50-42-30/h5-13,20-21,25-29H,14-19H2,1-4H3,(H,38,44)(H,39,45)(H,40,47)(H,41,42,48)/t25-,26+,27+,29+/m1/s1. The highest BCUT2D eigenvalue weighted by Gasteiger charge is 2.44. The lowest BCUT2D eigenvalue weighted by Crippen LogP contribution is -2.57. The minimum absolute atomic E-state index is 0.0806. The Morgan fingerprint density at radius 2 is 1.72 bits per heavy atom. The van der Waals surface area contributed by atoms with Gasteiger partial charge in [0.15, 0.2) is 5.82 Å². The number of rotatable bonds is 15. The lowest BCUT2D eigenvalue weighted by atomic mass is 9.96. The van der Waals surface area contributed by atoms with Gasteiger partial charge in [0, 0.05) is 31.0 Å². The van der Waals surface area contributed by atoms with Crippen molar-refractivity contribution in [3.8, 4) is 11.4 Å². The lowest BCUT2D eigenvalue weighted by molar-refractivity contribution is -0.141. The summed E-state index contributed by atoms with van der Waals surface area (Å²) in [5.41, 5.74) is 2.30. The summed E-state index contributed by atoms with van der Waals surface area (Å²) in [6, 6.07) is 12.5. The SMILES string of the molecule is CC(C)COC(=O)N[C@H](C(=O)N1C[C@H](c2ccccc2)C[C@H]1C(=O)N[C@@H](CC(F)F)C(=O)NCCc1ccc(-c2noc(=O)[nH]2)cc1)C(C)C. The summed E-state index contributed by atoms with van der Waals surface area (Å²) in [6.45, 7) is 7.65. The quantitative estimate of drug-likeness (QED) is 0.186. The number of carbonyl (C=O) groups is 4. The second-order valence-electron chi connectivity index (χ2n) is 13.1. The molecule has 4 N–H and O–H groups in total. The number of amides is 4. The third kappa shape index (κ3) is 10.5. The first kappa shape index (κ1) is 37.7. The molecule has 270 valence electrons. The van der Waals surface area contributed by atoms with Crippen LogP contribution in [-0.4, -0.2) is 83.1 Å². The molecule has 13 nitrogen and oxygen atoms in total. The number of carbonyl (C=O) groups excluding carboxylic acids is 4. The summed E-state index contributed by atoms with van der Waals surface area (Å²) in [4.78, 5) is 68.5. The fourth-order valence-electron chi connectivity index (χ4n) is 5.71. The molecule has 0 radical (unpaired) electrons. The van der Waals surface area contributed by atoms with Crippen LogP contribution in [0.1, 0.15) is 57.6 Å². The molecule has 0 aliphatic carbocycles. The maximum absolute atomic E-state index is 14.0. The van der Waals surface area contributed by atoms with Gasteiger partial charge < -0.3 is 25.6 Å². The van der Waals surface area contributed by atoms with Crippen molar-refractivity contribution >= 4 is 23.8 Å². The highest BCUT2D eigenvalue weighted by molar-refractivity contribution is 5.94. The number of alkyl carbamates (subject to hydrolysis) is 1. The first-order valence-electron chi connectivity index (χ1n) is 16.6. The molecule has 15 heteroatoms. The van der Waals surface area contributed by atoms with E-state index in [4.69, 9.17) is 4.74 Å². The number of halogens is 2. The minimum Gasteiger partial charge on any atom is -0.449 e. The molecule has 0 spiro atoms. The number of hydrogen-bond donors (Lipinski definition) is 4. The molecule has 3 aromatic rings. The molecule has 0 unspecified atom stereocenters. The van der Waals surface area contributed by atoms with Gasteiger partial charge >= 0.3 is 11.8 Å². The number of hydrogen-bond acceptors (Lipinski definition) is 8. The van der Waals surface area contributed by atoms with E-state index < -0.39 is 60.5 Å². The zero-order chi connectivity index (χ0) is 36.4. The van der Waals surface area contributed by atoms with Gasteiger partial charge in [-0.3, -0.25) is 23.9 Å². The number of aromatic amines is 1. The molecule has 1 fully saturated rings. The van der Waals surface area contributed by atoms with Crippen molar-refractivity contribution in [1.82, 2.24) is 31.0 Å². The maximum Gasteiger partial charge on any atom is 0.439 e. The van der Waals surface area contributed by atoms with Crippen LogP contribution in [0.25, 0.3) is 11.4 Å². The Kier molecular flexibility index (Phi) is 13.2. The molecule has 1 aliphatic heterocycles. The Balaban J connectivity index is 1.45. The van der Waals surface area contributed by atoms with Crippen LogP contribution in [0.5, 0.6) is 0 Å². The van der Waals surface area contributed by atoms with E-state index in [0.717, 1.165) is 11.1 Å². The van der Waals surface area contributed by atoms with Crippen molar-refractivity contribution in [3.05, 3.63) is 76.3 Å². The Bertz CT molecular complexity index is 1640. The molecular weight excluding hydrogens is 654 g/mol. The molecule has 0 bridgehead atoms. The smallest absolute Gasteiger partial charge is 0.439 e. The van der Waals surface area contributed by atoms with Crippen molar-refractivity contribution < 1.29 is 37.2 Å². The first-order chi connectivity index (χ1) is 23.8. The van der Waals surface area contributed by atoms with Gasteiger partial charge in [0.1, 0.15) is 18.1 Å². The topological polar surface area (TPSA) is 176 Å². The van der Waals surface area contributed by atoms with Gasteiger partial charge in [0.2, 0.25) is 24.1 Å². The van der Waals surface area contributed by atoms with Crippen LogP contribution in [-0.2, 0) is 25.5 Å². The van der Waals surface area contributed by atoms with Crippen LogP contribution >= 0.6 is 0 Å². The van der Waals surface area contributed by atoms with Crippen molar-refractivity contribution in [2.24, 2.45) is 11.8 Å². The molecule has 0 saturated carbocycles. The molecule has 1 aliphatic rings. The predicted octanol–water partition coefficient (Wildman–Crippen LogP) is 3.62. The number of alkyl halides is 2. The fraction of sp³-hybridized carbons (Fsp3) is 0.486. The highest BCUT2D eigenvalue weighted by Crippen LogP contribution is 2.33. The Morgan fingerprint density at radius 3 is 2.32 bits per heavy atom. The van der Waals surface area contributed by atoms with Crippen LogP contribution in [0.3, 0.4) is 0 Å². The number of benzene rings is 2. The summed E-state index contributed by atoms with van der Waals surface area (Å²) in [7, 11) is 0. The molecule has 2 heterocycles. The summed E-state index contributed by atoms with van der Waals surface area (Å²) >= 11 is 0. The number of ether oxygens (including phenoxy) is 1. The summed E-state index contributed by atoms with van der Waals surface area (Å²) in [5.74, 6) is -3.02. The van der Waals surface area contributed by atoms with Crippen LogP contribution < -0.4 is 21.7 Å². The van der Waals surface area contributed by atoms with Crippen LogP contribution in [0.15, 0.2) is 63.9 Å². The zero-order valence-corrected chi connectivity index (χ0v) is 28.5. The number of nitrogens with zero attached hydrogens (tertiary/aromatic N) is 2. The molecule has 2 aromatic carbocycles. The van der Waals surface area contributed by atoms with Gasteiger partial charge in [-0.1, -0.05) is 87.4 Å². The first-order valence-corrected chi connectivity index (χ1v) is 16.6. The van der Waals surface area contributed by atoms with Gasteiger partial charge in [-0.15, -0.1) is 0 Å². The number of aromatic nitrogens is 2. The van der Waals surface area contributed by atoms with Gasteiger partial charge in [-0.2, -0.15) is 0 Å². The van der Waals surface area contributed by atoms with E-state index in [9.17, 15) is 32.8 Å². The zero-order valence-electron chi connectivity index (χ0n) is 28.5. The maximum atomic E-state index is 14.0. The van der Waals surface area contributed by atoms with E-state index in [1.807, 2.05) is 44.2 Å². The second kappa shape index (κ2) is 17.5. The van der Waals surface area contributed by atoms with Gasteiger partial charge in [-0.25, -0.2) is 18.4 Å². The summed E-state index contributed by atoms with van der Waals surface area (Å²) < 4.78 is 37.1. The number of likely N-dealkylation sites (tertiary alicyclic amines) is 1. The molecule has 50 heavy (non-hydrogen) atoms. The van der Waals surface area contributed by atoms with Crippen molar-refractivity contribution in [1.29, 1.82) is 0 Å². The van der Waals surface area contributed by atoms with Gasteiger partial charge in [-0.05, 0) is 35.8 Å². The Hall–Kier alpha value is -5.08. The van der Waals surface area contributed by atoms with E-state index in [1.54, 1.807) is 38.1 Å². The largest absolute Gasteiger partial charge is 0.449 e. The van der Waals surface area contributed by atoms with Crippen molar-refractivity contribution in [2.45, 2.75) is 77.4 Å². The van der Waals surface area contributed by atoms with E-state index in [0.29, 0.717) is 12.0 Å². The summed E-state index contributed by atoms with van der Waals surface area (Å²) in [6.07, 6.45) is -4.05. The van der Waals surface area contributed by atoms with E-state index in [-0.39, 0.29) is 49.7 Å². The highest BCUT2D eigenvalue weighted by atomic mass is 19.3.